The largest absolute Gasteiger partial charge is 0.103 e. The van der Waals surface area contributed by atoms with Crippen LogP contribution in [0.4, 0.5) is 0 Å². The van der Waals surface area contributed by atoms with Crippen LogP contribution in [0.1, 0.15) is 33.6 Å². The predicted octanol–water partition coefficient (Wildman–Crippen LogP) is 4.29. The molecular formula is C15H24. The Hall–Kier alpha value is -0.520. The summed E-state index contributed by atoms with van der Waals surface area (Å²) in [7, 11) is 0. The van der Waals surface area contributed by atoms with Crippen LogP contribution < -0.4 is 0 Å². The lowest BCUT2D eigenvalue weighted by Crippen LogP contribution is -2.25. The topological polar surface area (TPSA) is 0 Å². The summed E-state index contributed by atoms with van der Waals surface area (Å²) in [5, 5.41) is 0. The molecule has 0 aromatic rings. The number of hydrogen-bond donors (Lipinski definition) is 0. The average Bonchev–Trinajstić information content (AvgIpc) is 2.87. The van der Waals surface area contributed by atoms with E-state index in [9.17, 15) is 0 Å². The molecule has 6 atom stereocenters. The molecule has 0 saturated heterocycles. The van der Waals surface area contributed by atoms with Crippen LogP contribution in [0.5, 0.6) is 0 Å². The number of allylic oxidation sites excluding steroid dienone is 3. The van der Waals surface area contributed by atoms with Crippen LogP contribution >= 0.6 is 0 Å². The smallest absolute Gasteiger partial charge is 0.0197 e. The van der Waals surface area contributed by atoms with Crippen molar-refractivity contribution in [2.75, 3.05) is 0 Å². The Bertz CT molecular complexity index is 263. The Morgan fingerprint density at radius 2 is 1.93 bits per heavy atom. The fraction of sp³-hybridized carbons (Fsp3) is 0.733. The zero-order chi connectivity index (χ0) is 11.0. The molecule has 0 radical (unpaired) electrons. The minimum Gasteiger partial charge on any atom is -0.103 e. The van der Waals surface area contributed by atoms with E-state index in [1.165, 1.54) is 12.8 Å². The summed E-state index contributed by atoms with van der Waals surface area (Å²) in [4.78, 5) is 0. The minimum absolute atomic E-state index is 0.656. The lowest BCUT2D eigenvalue weighted by atomic mass is 9.73. The second kappa shape index (κ2) is 4.15. The van der Waals surface area contributed by atoms with Crippen molar-refractivity contribution in [2.45, 2.75) is 33.6 Å². The zero-order valence-corrected chi connectivity index (χ0v) is 10.3. The second-order valence-corrected chi connectivity index (χ2v) is 5.76. The van der Waals surface area contributed by atoms with E-state index in [1.54, 1.807) is 0 Å². The van der Waals surface area contributed by atoms with Gasteiger partial charge in [0.05, 0.1) is 0 Å². The Morgan fingerprint density at radius 1 is 1.20 bits per heavy atom. The maximum Gasteiger partial charge on any atom is -0.0197 e. The Kier molecular flexibility index (Phi) is 3.04. The molecule has 6 unspecified atom stereocenters. The Labute approximate surface area is 94.5 Å². The fourth-order valence-electron chi connectivity index (χ4n) is 3.51. The zero-order valence-electron chi connectivity index (χ0n) is 10.3. The molecule has 0 heterocycles. The van der Waals surface area contributed by atoms with E-state index in [4.69, 9.17) is 0 Å². The SMILES string of the molecule is C=CC(C)C(C)C(C)C1CC2C=CC1C2. The van der Waals surface area contributed by atoms with Gasteiger partial charge in [-0.15, -0.1) is 6.58 Å². The van der Waals surface area contributed by atoms with Crippen molar-refractivity contribution in [3.63, 3.8) is 0 Å². The van der Waals surface area contributed by atoms with Crippen LogP contribution in [0.15, 0.2) is 24.8 Å². The summed E-state index contributed by atoms with van der Waals surface area (Å²) in [6.07, 6.45) is 9.90. The monoisotopic (exact) mass is 204 g/mol. The molecule has 2 aliphatic rings. The maximum atomic E-state index is 3.92. The molecule has 1 fully saturated rings. The van der Waals surface area contributed by atoms with Gasteiger partial charge in [0.15, 0.2) is 0 Å². The molecule has 0 amide bonds. The first-order valence-electron chi connectivity index (χ1n) is 6.44. The van der Waals surface area contributed by atoms with Gasteiger partial charge in [-0.3, -0.25) is 0 Å². The summed E-state index contributed by atoms with van der Waals surface area (Å²) in [5.41, 5.74) is 0. The van der Waals surface area contributed by atoms with E-state index < -0.39 is 0 Å². The first kappa shape index (κ1) is 11.0. The van der Waals surface area contributed by atoms with Gasteiger partial charge in [0.25, 0.3) is 0 Å². The third-order valence-electron chi connectivity index (χ3n) is 5.04. The summed E-state index contributed by atoms with van der Waals surface area (Å²) in [5.74, 6) is 5.02. The van der Waals surface area contributed by atoms with Gasteiger partial charge in [0.1, 0.15) is 0 Å². The van der Waals surface area contributed by atoms with Crippen LogP contribution in [0, 0.1) is 35.5 Å². The quantitative estimate of drug-likeness (QED) is 0.599. The highest BCUT2D eigenvalue weighted by Crippen LogP contribution is 2.49. The molecule has 1 saturated carbocycles. The maximum absolute atomic E-state index is 3.92. The van der Waals surface area contributed by atoms with Crippen molar-refractivity contribution in [1.29, 1.82) is 0 Å². The van der Waals surface area contributed by atoms with Crippen molar-refractivity contribution < 1.29 is 0 Å². The number of rotatable bonds is 4. The number of hydrogen-bond acceptors (Lipinski definition) is 0. The summed E-state index contributed by atoms with van der Waals surface area (Å²) >= 11 is 0. The summed E-state index contributed by atoms with van der Waals surface area (Å²) in [6, 6.07) is 0. The van der Waals surface area contributed by atoms with E-state index in [0.717, 1.165) is 29.6 Å². The van der Waals surface area contributed by atoms with Crippen molar-refractivity contribution in [2.24, 2.45) is 35.5 Å². The molecule has 0 aromatic heterocycles. The van der Waals surface area contributed by atoms with E-state index in [0.29, 0.717) is 5.92 Å². The van der Waals surface area contributed by atoms with Crippen LogP contribution in [0.2, 0.25) is 0 Å². The normalized spacial score (nSPS) is 39.0. The van der Waals surface area contributed by atoms with E-state index >= 15 is 0 Å². The molecule has 0 spiro atoms. The van der Waals surface area contributed by atoms with Gasteiger partial charge in [-0.2, -0.15) is 0 Å². The van der Waals surface area contributed by atoms with E-state index in [1.807, 2.05) is 0 Å². The lowest BCUT2D eigenvalue weighted by molar-refractivity contribution is 0.199. The highest BCUT2D eigenvalue weighted by Gasteiger charge is 2.40. The van der Waals surface area contributed by atoms with Crippen LogP contribution in [0.25, 0.3) is 0 Å². The van der Waals surface area contributed by atoms with Crippen molar-refractivity contribution in [1.82, 2.24) is 0 Å². The molecule has 0 aliphatic heterocycles. The fourth-order valence-corrected chi connectivity index (χ4v) is 3.51. The molecule has 0 heteroatoms. The predicted molar refractivity (Wildman–Crippen MR) is 66.5 cm³/mol. The van der Waals surface area contributed by atoms with Gasteiger partial charge >= 0.3 is 0 Å². The van der Waals surface area contributed by atoms with Crippen molar-refractivity contribution in [3.8, 4) is 0 Å². The summed E-state index contributed by atoms with van der Waals surface area (Å²) < 4.78 is 0. The van der Waals surface area contributed by atoms with Crippen molar-refractivity contribution in [3.05, 3.63) is 24.8 Å². The minimum atomic E-state index is 0.656. The Balaban J connectivity index is 1.99. The molecule has 2 bridgehead atoms. The van der Waals surface area contributed by atoms with E-state index in [-0.39, 0.29) is 0 Å². The molecule has 0 nitrogen and oxygen atoms in total. The van der Waals surface area contributed by atoms with Crippen LogP contribution in [-0.4, -0.2) is 0 Å². The molecule has 2 rings (SSSR count). The molecule has 0 aromatic carbocycles. The van der Waals surface area contributed by atoms with Gasteiger partial charge in [-0.05, 0) is 48.3 Å². The van der Waals surface area contributed by atoms with Crippen LogP contribution in [-0.2, 0) is 0 Å². The highest BCUT2D eigenvalue weighted by molar-refractivity contribution is 5.11. The molecule has 2 aliphatic carbocycles. The first-order valence-corrected chi connectivity index (χ1v) is 6.44. The molecule has 84 valence electrons. The number of fused-ring (bicyclic) bond motifs is 2. The van der Waals surface area contributed by atoms with Gasteiger partial charge in [-0.1, -0.05) is 39.0 Å². The van der Waals surface area contributed by atoms with Gasteiger partial charge in [0, 0.05) is 0 Å². The van der Waals surface area contributed by atoms with Gasteiger partial charge in [0.2, 0.25) is 0 Å². The standard InChI is InChI=1S/C15H24/c1-5-10(2)11(3)12(4)15-9-13-6-7-14(15)8-13/h5-7,10-15H,1,8-9H2,2-4H3. The summed E-state index contributed by atoms with van der Waals surface area (Å²) in [6.45, 7) is 11.1. The molecule has 15 heavy (non-hydrogen) atoms. The molecular weight excluding hydrogens is 180 g/mol. The lowest BCUT2D eigenvalue weighted by Gasteiger charge is -2.32. The van der Waals surface area contributed by atoms with Crippen molar-refractivity contribution >= 4 is 0 Å². The highest BCUT2D eigenvalue weighted by atomic mass is 14.4. The van der Waals surface area contributed by atoms with Gasteiger partial charge < -0.3 is 0 Å². The second-order valence-electron chi connectivity index (χ2n) is 5.76. The Morgan fingerprint density at radius 3 is 2.40 bits per heavy atom. The third kappa shape index (κ3) is 1.91. The first-order chi connectivity index (χ1) is 7.13. The van der Waals surface area contributed by atoms with Gasteiger partial charge in [-0.25, -0.2) is 0 Å². The van der Waals surface area contributed by atoms with Crippen LogP contribution in [0.3, 0.4) is 0 Å². The van der Waals surface area contributed by atoms with E-state index in [2.05, 4.69) is 45.6 Å². The average molecular weight is 204 g/mol. The molecule has 0 N–H and O–H groups in total. The third-order valence-corrected chi connectivity index (χ3v) is 5.04.